The molecule has 0 unspecified atom stereocenters. The second-order valence-corrected chi connectivity index (χ2v) is 6.39. The third-order valence-corrected chi connectivity index (χ3v) is 4.97. The molecule has 0 radical (unpaired) electrons. The predicted molar refractivity (Wildman–Crippen MR) is 83.0 cm³/mol. The number of hydrogen-bond donors (Lipinski definition) is 1. The summed E-state index contributed by atoms with van der Waals surface area (Å²) in [4.78, 5) is 5.44. The number of thiophene rings is 1. The molecule has 1 aliphatic carbocycles. The number of nitrogen functional groups attached to an aromatic ring is 1. The van der Waals surface area contributed by atoms with Crippen molar-refractivity contribution in [2.75, 3.05) is 12.3 Å². The molecule has 1 saturated carbocycles. The van der Waals surface area contributed by atoms with Crippen LogP contribution in [0.5, 0.6) is 0 Å². The van der Waals surface area contributed by atoms with E-state index < -0.39 is 0 Å². The van der Waals surface area contributed by atoms with E-state index >= 15 is 0 Å². The molecule has 2 heterocycles. The fraction of sp³-hybridized carbons (Fsp3) is 0.600. The van der Waals surface area contributed by atoms with Gasteiger partial charge in [-0.3, -0.25) is 0 Å². The van der Waals surface area contributed by atoms with Crippen molar-refractivity contribution in [3.8, 4) is 10.8 Å². The fourth-order valence-electron chi connectivity index (χ4n) is 3.00. The van der Waals surface area contributed by atoms with Crippen molar-refractivity contribution in [2.24, 2.45) is 0 Å². The molecule has 21 heavy (non-hydrogen) atoms. The average Bonchev–Trinajstić information content (AvgIpc) is 3.05. The lowest BCUT2D eigenvalue weighted by Crippen LogP contribution is -2.30. The second kappa shape index (κ2) is 6.15. The van der Waals surface area contributed by atoms with Crippen molar-refractivity contribution in [3.05, 3.63) is 17.3 Å². The SMILES string of the molecule is CCOC1(c2noc(-c3sccc3N)n2)CCCCCC1. The molecule has 114 valence electrons. The highest BCUT2D eigenvalue weighted by Gasteiger charge is 2.38. The van der Waals surface area contributed by atoms with Crippen molar-refractivity contribution in [3.63, 3.8) is 0 Å². The van der Waals surface area contributed by atoms with Crippen molar-refractivity contribution in [2.45, 2.75) is 51.0 Å². The van der Waals surface area contributed by atoms with Crippen LogP contribution in [0.15, 0.2) is 16.0 Å². The summed E-state index contributed by atoms with van der Waals surface area (Å²) in [5.74, 6) is 1.18. The summed E-state index contributed by atoms with van der Waals surface area (Å²) in [5, 5.41) is 6.14. The van der Waals surface area contributed by atoms with Gasteiger partial charge >= 0.3 is 0 Å². The van der Waals surface area contributed by atoms with Crippen LogP contribution in [0.1, 0.15) is 51.3 Å². The largest absolute Gasteiger partial charge is 0.397 e. The number of nitrogens with zero attached hydrogens (tertiary/aromatic N) is 2. The lowest BCUT2D eigenvalue weighted by molar-refractivity contribution is -0.0636. The first-order chi connectivity index (χ1) is 10.2. The first-order valence-corrected chi connectivity index (χ1v) is 8.44. The van der Waals surface area contributed by atoms with E-state index in [0.29, 0.717) is 24.0 Å². The van der Waals surface area contributed by atoms with Gasteiger partial charge in [0, 0.05) is 6.61 Å². The van der Waals surface area contributed by atoms with Gasteiger partial charge < -0.3 is 15.0 Å². The minimum atomic E-state index is -0.390. The Morgan fingerprint density at radius 3 is 2.71 bits per heavy atom. The topological polar surface area (TPSA) is 74.2 Å². The smallest absolute Gasteiger partial charge is 0.270 e. The highest BCUT2D eigenvalue weighted by Crippen LogP contribution is 2.39. The Labute approximate surface area is 128 Å². The van der Waals surface area contributed by atoms with Crippen molar-refractivity contribution >= 4 is 17.0 Å². The molecule has 0 saturated heterocycles. The van der Waals surface area contributed by atoms with Gasteiger partial charge in [-0.25, -0.2) is 0 Å². The van der Waals surface area contributed by atoms with Gasteiger partial charge in [0.15, 0.2) is 0 Å². The molecule has 0 aliphatic heterocycles. The van der Waals surface area contributed by atoms with Crippen LogP contribution in [0.3, 0.4) is 0 Å². The second-order valence-electron chi connectivity index (χ2n) is 5.47. The van der Waals surface area contributed by atoms with E-state index in [1.165, 1.54) is 24.2 Å². The summed E-state index contributed by atoms with van der Waals surface area (Å²) in [5.41, 5.74) is 6.22. The lowest BCUT2D eigenvalue weighted by atomic mass is 9.93. The third-order valence-electron chi connectivity index (χ3n) is 4.06. The molecule has 0 atom stereocenters. The lowest BCUT2D eigenvalue weighted by Gasteiger charge is -2.29. The average molecular weight is 307 g/mol. The molecule has 5 nitrogen and oxygen atoms in total. The zero-order valence-corrected chi connectivity index (χ0v) is 13.1. The number of rotatable bonds is 4. The van der Waals surface area contributed by atoms with Crippen LogP contribution in [0, 0.1) is 0 Å². The van der Waals surface area contributed by atoms with Crippen molar-refractivity contribution in [1.29, 1.82) is 0 Å². The molecule has 2 N–H and O–H groups in total. The molecule has 0 amide bonds. The van der Waals surface area contributed by atoms with Crippen LogP contribution in [-0.4, -0.2) is 16.7 Å². The van der Waals surface area contributed by atoms with E-state index in [-0.39, 0.29) is 5.60 Å². The first kappa shape index (κ1) is 14.5. The summed E-state index contributed by atoms with van der Waals surface area (Å²) in [6, 6.07) is 1.85. The number of aromatic nitrogens is 2. The van der Waals surface area contributed by atoms with Crippen LogP contribution in [0.4, 0.5) is 5.69 Å². The zero-order valence-electron chi connectivity index (χ0n) is 12.3. The third kappa shape index (κ3) is 2.82. The van der Waals surface area contributed by atoms with Gasteiger partial charge in [0.05, 0.1) is 5.69 Å². The monoisotopic (exact) mass is 307 g/mol. The Morgan fingerprint density at radius 2 is 2.10 bits per heavy atom. The van der Waals surface area contributed by atoms with E-state index in [9.17, 15) is 0 Å². The van der Waals surface area contributed by atoms with Crippen LogP contribution in [-0.2, 0) is 10.3 Å². The Morgan fingerprint density at radius 1 is 1.33 bits per heavy atom. The summed E-state index contributed by atoms with van der Waals surface area (Å²) < 4.78 is 11.5. The van der Waals surface area contributed by atoms with Crippen molar-refractivity contribution < 1.29 is 9.26 Å². The number of nitrogens with two attached hydrogens (primary N) is 1. The predicted octanol–water partition coefficient (Wildman–Crippen LogP) is 3.97. The van der Waals surface area contributed by atoms with E-state index in [2.05, 4.69) is 10.1 Å². The van der Waals surface area contributed by atoms with E-state index in [1.54, 1.807) is 0 Å². The van der Waals surface area contributed by atoms with Crippen LogP contribution in [0.2, 0.25) is 0 Å². The van der Waals surface area contributed by atoms with Gasteiger partial charge in [0.25, 0.3) is 5.89 Å². The number of ether oxygens (including phenoxy) is 1. The Bertz CT molecular complexity index is 585. The van der Waals surface area contributed by atoms with E-state index in [4.69, 9.17) is 15.0 Å². The Hall–Kier alpha value is -1.40. The molecule has 3 rings (SSSR count). The number of hydrogen-bond acceptors (Lipinski definition) is 6. The van der Waals surface area contributed by atoms with Crippen LogP contribution >= 0.6 is 11.3 Å². The fourth-order valence-corrected chi connectivity index (χ4v) is 3.74. The standard InChI is InChI=1S/C15H21N3O2S/c1-2-19-15(8-5-3-4-6-9-15)14-17-13(20-18-14)12-11(16)7-10-21-12/h7,10H,2-6,8-9,16H2,1H3. The highest BCUT2D eigenvalue weighted by atomic mass is 32.1. The van der Waals surface area contributed by atoms with E-state index in [0.717, 1.165) is 30.6 Å². The normalized spacial score (nSPS) is 18.5. The molecular formula is C15H21N3O2S. The summed E-state index contributed by atoms with van der Waals surface area (Å²) in [6.07, 6.45) is 6.70. The molecule has 6 heteroatoms. The summed E-state index contributed by atoms with van der Waals surface area (Å²) >= 11 is 1.52. The van der Waals surface area contributed by atoms with Gasteiger partial charge in [-0.2, -0.15) is 4.98 Å². The van der Waals surface area contributed by atoms with Gasteiger partial charge in [-0.15, -0.1) is 11.3 Å². The quantitative estimate of drug-likeness (QED) is 0.865. The molecule has 2 aromatic rings. The Balaban J connectivity index is 1.93. The number of anilines is 1. The Kier molecular flexibility index (Phi) is 4.26. The molecule has 0 aromatic carbocycles. The van der Waals surface area contributed by atoms with Gasteiger partial charge in [0.2, 0.25) is 5.82 Å². The van der Waals surface area contributed by atoms with Crippen molar-refractivity contribution in [1.82, 2.24) is 10.1 Å². The maximum atomic E-state index is 6.08. The maximum Gasteiger partial charge on any atom is 0.270 e. The van der Waals surface area contributed by atoms with Crippen LogP contribution in [0.25, 0.3) is 10.8 Å². The summed E-state index contributed by atoms with van der Waals surface area (Å²) in [6.45, 7) is 2.68. The first-order valence-electron chi connectivity index (χ1n) is 7.57. The maximum absolute atomic E-state index is 6.08. The minimum Gasteiger partial charge on any atom is -0.397 e. The zero-order chi connectivity index (χ0) is 14.7. The van der Waals surface area contributed by atoms with Gasteiger partial charge in [-0.1, -0.05) is 30.8 Å². The van der Waals surface area contributed by atoms with E-state index in [1.807, 2.05) is 18.4 Å². The molecule has 1 fully saturated rings. The molecule has 2 aromatic heterocycles. The van der Waals surface area contributed by atoms with Crippen LogP contribution < -0.4 is 5.73 Å². The molecule has 1 aliphatic rings. The summed E-state index contributed by atoms with van der Waals surface area (Å²) in [7, 11) is 0. The minimum absolute atomic E-state index is 0.390. The highest BCUT2D eigenvalue weighted by molar-refractivity contribution is 7.14. The van der Waals surface area contributed by atoms with Gasteiger partial charge in [0.1, 0.15) is 10.5 Å². The molecular weight excluding hydrogens is 286 g/mol. The molecule has 0 bridgehead atoms. The molecule has 0 spiro atoms. The van der Waals surface area contributed by atoms with Gasteiger partial charge in [-0.05, 0) is 31.2 Å².